The Bertz CT molecular complexity index is 254. The van der Waals surface area contributed by atoms with Crippen LogP contribution >= 0.6 is 0 Å². The quantitative estimate of drug-likeness (QED) is 0.557. The van der Waals surface area contributed by atoms with Crippen molar-refractivity contribution in [3.63, 3.8) is 0 Å². The number of carboxylic acids is 1. The highest BCUT2D eigenvalue weighted by molar-refractivity contribution is 5.85. The molecular formula is C11H22N2O4. The molecule has 0 heterocycles. The number of nitrogens with one attached hydrogen (secondary N) is 2. The molecule has 0 bridgehead atoms. The number of amides is 2. The molecule has 0 aliphatic heterocycles. The summed E-state index contributed by atoms with van der Waals surface area (Å²) in [7, 11) is 0. The minimum atomic E-state index is -1.26. The second-order valence-corrected chi connectivity index (χ2v) is 4.28. The lowest BCUT2D eigenvalue weighted by Crippen LogP contribution is -2.53. The van der Waals surface area contributed by atoms with Crippen LogP contribution in [0, 0.1) is 0 Å². The zero-order chi connectivity index (χ0) is 13.3. The normalized spacial score (nSPS) is 11.0. The molecule has 0 spiro atoms. The van der Waals surface area contributed by atoms with Crippen molar-refractivity contribution in [2.45, 2.75) is 39.2 Å². The van der Waals surface area contributed by atoms with Gasteiger partial charge < -0.3 is 20.5 Å². The average Bonchev–Trinajstić information content (AvgIpc) is 2.22. The summed E-state index contributed by atoms with van der Waals surface area (Å²) in [6, 6.07) is -0.479. The van der Waals surface area contributed by atoms with E-state index in [0.29, 0.717) is 19.6 Å². The summed E-state index contributed by atoms with van der Waals surface area (Å²) in [6.07, 6.45) is 1.68. The van der Waals surface area contributed by atoms with Gasteiger partial charge in [0.15, 0.2) is 0 Å². The Hall–Kier alpha value is -1.30. The minimum Gasteiger partial charge on any atom is -0.480 e. The van der Waals surface area contributed by atoms with Gasteiger partial charge in [-0.25, -0.2) is 9.59 Å². The Morgan fingerprint density at radius 3 is 2.47 bits per heavy atom. The van der Waals surface area contributed by atoms with Crippen molar-refractivity contribution in [3.8, 4) is 0 Å². The maximum Gasteiger partial charge on any atom is 0.328 e. The average molecular weight is 246 g/mol. The van der Waals surface area contributed by atoms with Gasteiger partial charge in [-0.3, -0.25) is 0 Å². The summed E-state index contributed by atoms with van der Waals surface area (Å²) in [4.78, 5) is 22.1. The molecule has 0 aromatic carbocycles. The van der Waals surface area contributed by atoms with E-state index in [4.69, 9.17) is 9.84 Å². The van der Waals surface area contributed by atoms with Crippen molar-refractivity contribution in [2.75, 3.05) is 19.8 Å². The number of carbonyl (C=O) groups is 2. The number of hydrogen-bond donors (Lipinski definition) is 3. The van der Waals surface area contributed by atoms with E-state index >= 15 is 0 Å². The molecular weight excluding hydrogens is 224 g/mol. The predicted molar refractivity (Wildman–Crippen MR) is 64.0 cm³/mol. The highest BCUT2D eigenvalue weighted by atomic mass is 16.5. The van der Waals surface area contributed by atoms with Crippen LogP contribution in [0.4, 0.5) is 4.79 Å². The predicted octanol–water partition coefficient (Wildman–Crippen LogP) is 0.965. The first-order valence-corrected chi connectivity index (χ1v) is 5.77. The Balaban J connectivity index is 3.63. The molecule has 0 aliphatic rings. The highest BCUT2D eigenvalue weighted by Crippen LogP contribution is 2.00. The molecule has 0 aliphatic carbocycles. The molecule has 0 saturated carbocycles. The fourth-order valence-corrected chi connectivity index (χ4v) is 1.00. The van der Waals surface area contributed by atoms with Gasteiger partial charge in [0.2, 0.25) is 0 Å². The molecule has 6 nitrogen and oxygen atoms in total. The van der Waals surface area contributed by atoms with Crippen LogP contribution < -0.4 is 10.6 Å². The van der Waals surface area contributed by atoms with Crippen molar-refractivity contribution in [2.24, 2.45) is 0 Å². The molecule has 6 heteroatoms. The van der Waals surface area contributed by atoms with E-state index in [9.17, 15) is 9.59 Å². The van der Waals surface area contributed by atoms with E-state index in [0.717, 1.165) is 13.0 Å². The van der Waals surface area contributed by atoms with E-state index in [-0.39, 0.29) is 0 Å². The van der Waals surface area contributed by atoms with Crippen LogP contribution in [0.2, 0.25) is 0 Å². The van der Waals surface area contributed by atoms with Gasteiger partial charge >= 0.3 is 12.0 Å². The smallest absolute Gasteiger partial charge is 0.328 e. The Morgan fingerprint density at radius 2 is 1.94 bits per heavy atom. The molecule has 0 atom stereocenters. The summed E-state index contributed by atoms with van der Waals surface area (Å²) in [6.45, 7) is 6.66. The zero-order valence-electron chi connectivity index (χ0n) is 10.7. The van der Waals surface area contributed by atoms with Crippen molar-refractivity contribution < 1.29 is 19.4 Å². The van der Waals surface area contributed by atoms with E-state index in [1.807, 2.05) is 6.92 Å². The molecule has 0 radical (unpaired) electrons. The molecule has 0 aromatic rings. The molecule has 17 heavy (non-hydrogen) atoms. The van der Waals surface area contributed by atoms with Crippen molar-refractivity contribution in [1.82, 2.24) is 10.6 Å². The van der Waals surface area contributed by atoms with Crippen LogP contribution in [-0.4, -0.2) is 42.4 Å². The fraction of sp³-hybridized carbons (Fsp3) is 0.818. The fourth-order valence-electron chi connectivity index (χ4n) is 1.00. The van der Waals surface area contributed by atoms with Crippen molar-refractivity contribution >= 4 is 12.0 Å². The van der Waals surface area contributed by atoms with Gasteiger partial charge in [0, 0.05) is 19.8 Å². The summed E-state index contributed by atoms with van der Waals surface area (Å²) in [5, 5.41) is 13.7. The van der Waals surface area contributed by atoms with Crippen molar-refractivity contribution in [1.29, 1.82) is 0 Å². The largest absolute Gasteiger partial charge is 0.480 e. The third kappa shape index (κ3) is 7.57. The van der Waals surface area contributed by atoms with Crippen LogP contribution in [0.5, 0.6) is 0 Å². The van der Waals surface area contributed by atoms with Crippen LogP contribution in [0.15, 0.2) is 0 Å². The first-order chi connectivity index (χ1) is 7.90. The van der Waals surface area contributed by atoms with Gasteiger partial charge in [-0.05, 0) is 26.7 Å². The van der Waals surface area contributed by atoms with E-state index in [1.165, 1.54) is 13.8 Å². The molecule has 0 fully saturated rings. The van der Waals surface area contributed by atoms with Gasteiger partial charge in [-0.15, -0.1) is 0 Å². The second kappa shape index (κ2) is 7.89. The van der Waals surface area contributed by atoms with E-state index in [2.05, 4.69) is 10.6 Å². The minimum absolute atomic E-state index is 0.464. The number of ether oxygens (including phenoxy) is 1. The van der Waals surface area contributed by atoms with Crippen LogP contribution in [0.3, 0.4) is 0 Å². The number of hydrogen-bond acceptors (Lipinski definition) is 3. The maximum absolute atomic E-state index is 11.3. The first kappa shape index (κ1) is 15.7. The molecule has 0 saturated heterocycles. The lowest BCUT2D eigenvalue weighted by Gasteiger charge is -2.21. The summed E-state index contributed by atoms with van der Waals surface area (Å²) < 4.78 is 5.24. The Labute approximate surface area is 102 Å². The Morgan fingerprint density at radius 1 is 1.29 bits per heavy atom. The van der Waals surface area contributed by atoms with Gasteiger partial charge in [0.05, 0.1) is 0 Å². The van der Waals surface area contributed by atoms with Gasteiger partial charge in [0.25, 0.3) is 0 Å². The number of urea groups is 1. The monoisotopic (exact) mass is 246 g/mol. The van der Waals surface area contributed by atoms with Gasteiger partial charge in [0.1, 0.15) is 5.54 Å². The van der Waals surface area contributed by atoms with E-state index in [1.54, 1.807) is 0 Å². The van der Waals surface area contributed by atoms with Gasteiger partial charge in [-0.2, -0.15) is 0 Å². The maximum atomic E-state index is 11.3. The molecule has 2 amide bonds. The number of rotatable bonds is 8. The summed E-state index contributed by atoms with van der Waals surface area (Å²) in [5.74, 6) is -1.07. The standard InChI is InChI=1S/C11H22N2O4/c1-4-7-17-8-5-6-12-10(16)13-11(2,3)9(14)15/h4-8H2,1-3H3,(H,14,15)(H2,12,13,16). The molecule has 0 unspecified atom stereocenters. The van der Waals surface area contributed by atoms with Gasteiger partial charge in [-0.1, -0.05) is 6.92 Å². The molecule has 3 N–H and O–H groups in total. The topological polar surface area (TPSA) is 87.7 Å². The molecule has 0 rings (SSSR count). The number of aliphatic carboxylic acids is 1. The number of carboxylic acid groups (broad SMARTS) is 1. The SMILES string of the molecule is CCCOCCCNC(=O)NC(C)(C)C(=O)O. The second-order valence-electron chi connectivity index (χ2n) is 4.28. The first-order valence-electron chi connectivity index (χ1n) is 5.77. The third-order valence-corrected chi connectivity index (χ3v) is 2.06. The molecule has 0 aromatic heterocycles. The van der Waals surface area contributed by atoms with Crippen LogP contribution in [0.25, 0.3) is 0 Å². The van der Waals surface area contributed by atoms with Crippen LogP contribution in [-0.2, 0) is 9.53 Å². The molecule has 100 valence electrons. The summed E-state index contributed by atoms with van der Waals surface area (Å²) >= 11 is 0. The lowest BCUT2D eigenvalue weighted by molar-refractivity contribution is -0.142. The lowest BCUT2D eigenvalue weighted by atomic mass is 10.1. The summed E-state index contributed by atoms with van der Waals surface area (Å²) in [5.41, 5.74) is -1.26. The number of carbonyl (C=O) groups excluding carboxylic acids is 1. The Kier molecular flexibility index (Phi) is 7.29. The van der Waals surface area contributed by atoms with E-state index < -0.39 is 17.5 Å². The highest BCUT2D eigenvalue weighted by Gasteiger charge is 2.28. The van der Waals surface area contributed by atoms with Crippen LogP contribution in [0.1, 0.15) is 33.6 Å². The van der Waals surface area contributed by atoms with Crippen molar-refractivity contribution in [3.05, 3.63) is 0 Å². The third-order valence-electron chi connectivity index (χ3n) is 2.06. The zero-order valence-corrected chi connectivity index (χ0v) is 10.7.